The van der Waals surface area contributed by atoms with Gasteiger partial charge in [0.05, 0.1) is 31.1 Å². The van der Waals surface area contributed by atoms with Crippen LogP contribution in [0, 0.1) is 5.82 Å². The maximum atomic E-state index is 13.8. The molecule has 0 spiro atoms. The molecular weight excluding hydrogens is 339 g/mol. The largest absolute Gasteiger partial charge is 0.481 e. The normalized spacial score (nSPS) is 17.0. The highest BCUT2D eigenvalue weighted by Gasteiger charge is 2.30. The van der Waals surface area contributed by atoms with E-state index in [9.17, 15) is 14.3 Å². The SMILES string of the molecule is COc1ncc(F)cc1[C@H]1CCCN1c1ccn2ncc(C(=O)O)c2c1. The van der Waals surface area contributed by atoms with Gasteiger partial charge in [0.15, 0.2) is 0 Å². The predicted octanol–water partition coefficient (Wildman–Crippen LogP) is 2.92. The molecule has 7 nitrogen and oxygen atoms in total. The van der Waals surface area contributed by atoms with E-state index in [0.717, 1.165) is 31.3 Å². The Labute approximate surface area is 148 Å². The molecule has 1 saturated heterocycles. The van der Waals surface area contributed by atoms with Crippen molar-refractivity contribution in [1.29, 1.82) is 0 Å². The summed E-state index contributed by atoms with van der Waals surface area (Å²) in [4.78, 5) is 17.5. The third kappa shape index (κ3) is 2.63. The van der Waals surface area contributed by atoms with Gasteiger partial charge in [-0.25, -0.2) is 18.7 Å². The number of carboxylic acids is 1. The number of carboxylic acid groups (broad SMARTS) is 1. The molecule has 0 bridgehead atoms. The summed E-state index contributed by atoms with van der Waals surface area (Å²) in [6.45, 7) is 0.775. The summed E-state index contributed by atoms with van der Waals surface area (Å²) in [7, 11) is 1.51. The van der Waals surface area contributed by atoms with E-state index in [1.165, 1.54) is 23.9 Å². The molecule has 4 heterocycles. The molecule has 1 fully saturated rings. The number of anilines is 1. The van der Waals surface area contributed by atoms with Gasteiger partial charge in [0, 0.05) is 24.0 Å². The lowest BCUT2D eigenvalue weighted by Gasteiger charge is -2.28. The standard InChI is InChI=1S/C18H17FN4O3/c1-26-17-13(7-11(19)9-20-17)15-3-2-5-22(15)12-4-6-23-16(8-12)14(10-21-23)18(24)25/h4,6-10,15H,2-3,5H2,1H3,(H,24,25)/t15-/m1/s1. The van der Waals surface area contributed by atoms with E-state index in [2.05, 4.69) is 15.0 Å². The molecule has 1 N–H and O–H groups in total. The molecular formula is C18H17FN4O3. The number of aromatic carboxylic acids is 1. The lowest BCUT2D eigenvalue weighted by molar-refractivity contribution is 0.0699. The number of hydrogen-bond donors (Lipinski definition) is 1. The molecule has 0 aromatic carbocycles. The van der Waals surface area contributed by atoms with Crippen LogP contribution in [-0.4, -0.2) is 39.3 Å². The second-order valence-corrected chi connectivity index (χ2v) is 6.18. The minimum atomic E-state index is -1.02. The smallest absolute Gasteiger partial charge is 0.339 e. The molecule has 26 heavy (non-hydrogen) atoms. The van der Waals surface area contributed by atoms with Crippen LogP contribution in [0.3, 0.4) is 0 Å². The minimum Gasteiger partial charge on any atom is -0.481 e. The maximum Gasteiger partial charge on any atom is 0.339 e. The van der Waals surface area contributed by atoms with Crippen molar-refractivity contribution in [1.82, 2.24) is 14.6 Å². The molecule has 1 aliphatic rings. The monoisotopic (exact) mass is 356 g/mol. The van der Waals surface area contributed by atoms with E-state index >= 15 is 0 Å². The lowest BCUT2D eigenvalue weighted by Crippen LogP contribution is -2.23. The van der Waals surface area contributed by atoms with Crippen LogP contribution in [0.15, 0.2) is 36.8 Å². The predicted molar refractivity (Wildman–Crippen MR) is 92.2 cm³/mol. The Morgan fingerprint density at radius 1 is 1.38 bits per heavy atom. The average molecular weight is 356 g/mol. The van der Waals surface area contributed by atoms with Crippen LogP contribution in [-0.2, 0) is 0 Å². The van der Waals surface area contributed by atoms with E-state index in [-0.39, 0.29) is 11.6 Å². The van der Waals surface area contributed by atoms with Gasteiger partial charge < -0.3 is 14.7 Å². The number of rotatable bonds is 4. The van der Waals surface area contributed by atoms with Crippen LogP contribution in [0.2, 0.25) is 0 Å². The highest BCUT2D eigenvalue weighted by Crippen LogP contribution is 2.39. The Kier molecular flexibility index (Phi) is 3.95. The third-order valence-electron chi connectivity index (χ3n) is 4.72. The summed E-state index contributed by atoms with van der Waals surface area (Å²) < 4.78 is 20.6. The minimum absolute atomic E-state index is 0.0909. The zero-order valence-electron chi connectivity index (χ0n) is 14.1. The number of halogens is 1. The molecule has 3 aromatic rings. The number of methoxy groups -OCH3 is 1. The van der Waals surface area contributed by atoms with Gasteiger partial charge in [-0.1, -0.05) is 0 Å². The average Bonchev–Trinajstić information content (AvgIpc) is 3.28. The van der Waals surface area contributed by atoms with Crippen LogP contribution < -0.4 is 9.64 Å². The first-order valence-corrected chi connectivity index (χ1v) is 8.25. The van der Waals surface area contributed by atoms with E-state index in [1.807, 2.05) is 6.07 Å². The number of fused-ring (bicyclic) bond motifs is 1. The van der Waals surface area contributed by atoms with Crippen LogP contribution in [0.4, 0.5) is 10.1 Å². The molecule has 8 heteroatoms. The van der Waals surface area contributed by atoms with Gasteiger partial charge >= 0.3 is 5.97 Å². The summed E-state index contributed by atoms with van der Waals surface area (Å²) in [6.07, 6.45) is 5.97. The second kappa shape index (κ2) is 6.29. The van der Waals surface area contributed by atoms with Crippen LogP contribution in [0.5, 0.6) is 5.88 Å². The molecule has 1 atom stereocenters. The first-order chi connectivity index (χ1) is 12.6. The molecule has 0 radical (unpaired) electrons. The van der Waals surface area contributed by atoms with Crippen molar-refractivity contribution in [3.05, 3.63) is 53.7 Å². The van der Waals surface area contributed by atoms with Crippen LogP contribution >= 0.6 is 0 Å². The number of nitrogens with zero attached hydrogens (tertiary/aromatic N) is 4. The van der Waals surface area contributed by atoms with Crippen molar-refractivity contribution in [2.45, 2.75) is 18.9 Å². The molecule has 3 aromatic heterocycles. The Morgan fingerprint density at radius 3 is 3.00 bits per heavy atom. The van der Waals surface area contributed by atoms with Gasteiger partial charge in [-0.3, -0.25) is 0 Å². The number of ether oxygens (including phenoxy) is 1. The molecule has 1 aliphatic heterocycles. The van der Waals surface area contributed by atoms with Gasteiger partial charge in [-0.15, -0.1) is 0 Å². The van der Waals surface area contributed by atoms with Crippen molar-refractivity contribution < 1.29 is 19.0 Å². The van der Waals surface area contributed by atoms with Crippen LogP contribution in [0.25, 0.3) is 5.52 Å². The Morgan fingerprint density at radius 2 is 2.23 bits per heavy atom. The van der Waals surface area contributed by atoms with Gasteiger partial charge in [0.25, 0.3) is 0 Å². The first-order valence-electron chi connectivity index (χ1n) is 8.25. The van der Waals surface area contributed by atoms with Crippen molar-refractivity contribution in [2.24, 2.45) is 0 Å². The van der Waals surface area contributed by atoms with Gasteiger partial charge in [0.2, 0.25) is 5.88 Å². The summed E-state index contributed by atoms with van der Waals surface area (Å²) in [5.74, 6) is -1.03. The number of pyridine rings is 2. The third-order valence-corrected chi connectivity index (χ3v) is 4.72. The number of aromatic nitrogens is 3. The fourth-order valence-corrected chi connectivity index (χ4v) is 3.56. The summed E-state index contributed by atoms with van der Waals surface area (Å²) in [6, 6.07) is 5.04. The van der Waals surface area contributed by atoms with Crippen molar-refractivity contribution in [3.63, 3.8) is 0 Å². The molecule has 0 unspecified atom stereocenters. The highest BCUT2D eigenvalue weighted by atomic mass is 19.1. The summed E-state index contributed by atoms with van der Waals surface area (Å²) in [5, 5.41) is 13.4. The maximum absolute atomic E-state index is 13.8. The van der Waals surface area contributed by atoms with Gasteiger partial charge in [-0.2, -0.15) is 5.10 Å². The van der Waals surface area contributed by atoms with Gasteiger partial charge in [0.1, 0.15) is 11.4 Å². The lowest BCUT2D eigenvalue weighted by atomic mass is 10.1. The molecule has 0 amide bonds. The van der Waals surface area contributed by atoms with E-state index in [4.69, 9.17) is 4.74 Å². The van der Waals surface area contributed by atoms with E-state index in [0.29, 0.717) is 17.0 Å². The molecule has 134 valence electrons. The van der Waals surface area contributed by atoms with Crippen molar-refractivity contribution in [2.75, 3.05) is 18.6 Å². The quantitative estimate of drug-likeness (QED) is 0.774. The van der Waals surface area contributed by atoms with Crippen molar-refractivity contribution >= 4 is 17.2 Å². The Balaban J connectivity index is 1.77. The van der Waals surface area contributed by atoms with E-state index < -0.39 is 11.8 Å². The topological polar surface area (TPSA) is 80.0 Å². The highest BCUT2D eigenvalue weighted by molar-refractivity contribution is 5.95. The Bertz CT molecular complexity index is 988. The number of hydrogen-bond acceptors (Lipinski definition) is 5. The summed E-state index contributed by atoms with van der Waals surface area (Å²) in [5.41, 5.74) is 2.21. The van der Waals surface area contributed by atoms with E-state index in [1.54, 1.807) is 12.3 Å². The van der Waals surface area contributed by atoms with Crippen LogP contribution in [0.1, 0.15) is 34.8 Å². The zero-order valence-corrected chi connectivity index (χ0v) is 14.1. The Hall–Kier alpha value is -3.16. The zero-order chi connectivity index (χ0) is 18.3. The number of carbonyl (C=O) groups is 1. The van der Waals surface area contributed by atoms with Crippen molar-refractivity contribution in [3.8, 4) is 5.88 Å². The molecule has 0 saturated carbocycles. The molecule has 0 aliphatic carbocycles. The second-order valence-electron chi connectivity index (χ2n) is 6.18. The van der Waals surface area contributed by atoms with Gasteiger partial charge in [-0.05, 0) is 31.0 Å². The first kappa shape index (κ1) is 16.3. The fourth-order valence-electron chi connectivity index (χ4n) is 3.56. The summed E-state index contributed by atoms with van der Waals surface area (Å²) >= 11 is 0. The molecule has 4 rings (SSSR count). The fraction of sp³-hybridized carbons (Fsp3) is 0.278.